The number of pyridine rings is 1. The summed E-state index contributed by atoms with van der Waals surface area (Å²) in [6, 6.07) is 8.01. The van der Waals surface area contributed by atoms with Crippen LogP contribution in [0, 0.1) is 6.92 Å². The van der Waals surface area contributed by atoms with E-state index in [2.05, 4.69) is 45.8 Å². The van der Waals surface area contributed by atoms with Gasteiger partial charge in [0.25, 0.3) is 5.91 Å². The predicted octanol–water partition coefficient (Wildman–Crippen LogP) is 3.29. The molecule has 2 aromatic heterocycles. The molecule has 0 atom stereocenters. The zero-order chi connectivity index (χ0) is 17.8. The average molecular weight is 336 g/mol. The number of rotatable bonds is 6. The van der Waals surface area contributed by atoms with Crippen LogP contribution in [0.15, 0.2) is 36.7 Å². The molecule has 5 nitrogen and oxygen atoms in total. The summed E-state index contributed by atoms with van der Waals surface area (Å²) in [6.07, 6.45) is 5.57. The molecule has 0 aliphatic rings. The van der Waals surface area contributed by atoms with Crippen molar-refractivity contribution in [2.24, 2.45) is 0 Å². The number of hydrogen-bond donors (Lipinski definition) is 1. The van der Waals surface area contributed by atoms with Gasteiger partial charge in [-0.15, -0.1) is 0 Å². The Balaban J connectivity index is 1.79. The SMILES string of the molecule is CCc1ccc2nc(C)cc(C(=O)NCCn3ccnc3CC)c2c1. The first-order chi connectivity index (χ1) is 12.1. The molecule has 0 unspecified atom stereocenters. The lowest BCUT2D eigenvalue weighted by atomic mass is 10.0. The maximum atomic E-state index is 12.7. The van der Waals surface area contributed by atoms with Gasteiger partial charge in [0.15, 0.2) is 0 Å². The number of fused-ring (bicyclic) bond motifs is 1. The first kappa shape index (κ1) is 17.1. The second-order valence-corrected chi connectivity index (χ2v) is 6.16. The number of carbonyl (C=O) groups is 1. The zero-order valence-electron chi connectivity index (χ0n) is 15.0. The topological polar surface area (TPSA) is 59.8 Å². The third-order valence-corrected chi connectivity index (χ3v) is 4.41. The van der Waals surface area contributed by atoms with Gasteiger partial charge in [0.2, 0.25) is 0 Å². The van der Waals surface area contributed by atoms with E-state index in [-0.39, 0.29) is 5.91 Å². The van der Waals surface area contributed by atoms with Gasteiger partial charge in [0.1, 0.15) is 5.82 Å². The highest BCUT2D eigenvalue weighted by Crippen LogP contribution is 2.20. The molecule has 0 saturated heterocycles. The fourth-order valence-corrected chi connectivity index (χ4v) is 3.06. The molecule has 3 aromatic rings. The van der Waals surface area contributed by atoms with Gasteiger partial charge >= 0.3 is 0 Å². The lowest BCUT2D eigenvalue weighted by Crippen LogP contribution is -2.28. The van der Waals surface area contributed by atoms with E-state index in [1.165, 1.54) is 5.56 Å². The summed E-state index contributed by atoms with van der Waals surface area (Å²) in [5.41, 5.74) is 3.62. The van der Waals surface area contributed by atoms with E-state index in [4.69, 9.17) is 0 Å². The summed E-state index contributed by atoms with van der Waals surface area (Å²) in [6.45, 7) is 7.40. The van der Waals surface area contributed by atoms with Crippen LogP contribution in [0.1, 0.15) is 41.3 Å². The van der Waals surface area contributed by atoms with Crippen molar-refractivity contribution in [3.8, 4) is 0 Å². The Morgan fingerprint density at radius 1 is 1.20 bits per heavy atom. The van der Waals surface area contributed by atoms with Crippen LogP contribution in [-0.4, -0.2) is 27.0 Å². The highest BCUT2D eigenvalue weighted by Gasteiger charge is 2.12. The number of aromatic nitrogens is 3. The Morgan fingerprint density at radius 2 is 2.04 bits per heavy atom. The molecule has 1 N–H and O–H groups in total. The largest absolute Gasteiger partial charge is 0.350 e. The highest BCUT2D eigenvalue weighted by molar-refractivity contribution is 6.06. The second-order valence-electron chi connectivity index (χ2n) is 6.16. The number of imidazole rings is 1. The molecule has 130 valence electrons. The fraction of sp³-hybridized carbons (Fsp3) is 0.350. The molecule has 0 bridgehead atoms. The molecule has 25 heavy (non-hydrogen) atoms. The van der Waals surface area contributed by atoms with Crippen molar-refractivity contribution >= 4 is 16.8 Å². The van der Waals surface area contributed by atoms with Crippen LogP contribution in [0.3, 0.4) is 0 Å². The lowest BCUT2D eigenvalue weighted by Gasteiger charge is -2.11. The van der Waals surface area contributed by atoms with Gasteiger partial charge in [0.05, 0.1) is 11.1 Å². The van der Waals surface area contributed by atoms with Crippen molar-refractivity contribution in [2.75, 3.05) is 6.54 Å². The van der Waals surface area contributed by atoms with Crippen LogP contribution in [-0.2, 0) is 19.4 Å². The molecule has 1 aromatic carbocycles. The minimum atomic E-state index is -0.0538. The summed E-state index contributed by atoms with van der Waals surface area (Å²) in [4.78, 5) is 21.6. The van der Waals surface area contributed by atoms with Crippen molar-refractivity contribution < 1.29 is 4.79 Å². The Kier molecular flexibility index (Phi) is 5.12. The molecule has 0 aliphatic heterocycles. The number of carbonyl (C=O) groups excluding carboxylic acids is 1. The summed E-state index contributed by atoms with van der Waals surface area (Å²) in [5, 5.41) is 3.95. The van der Waals surface area contributed by atoms with Gasteiger partial charge in [-0.2, -0.15) is 0 Å². The fourth-order valence-electron chi connectivity index (χ4n) is 3.06. The monoisotopic (exact) mass is 336 g/mol. The molecular formula is C20H24N4O. The van der Waals surface area contributed by atoms with Gasteiger partial charge < -0.3 is 9.88 Å². The maximum Gasteiger partial charge on any atom is 0.252 e. The van der Waals surface area contributed by atoms with Crippen LogP contribution in [0.25, 0.3) is 10.9 Å². The first-order valence-corrected chi connectivity index (χ1v) is 8.80. The Bertz CT molecular complexity index is 898. The minimum Gasteiger partial charge on any atom is -0.350 e. The first-order valence-electron chi connectivity index (χ1n) is 8.80. The number of nitrogens with zero attached hydrogens (tertiary/aromatic N) is 3. The standard InChI is InChI=1S/C20H24N4O/c1-4-15-6-7-18-16(13-15)17(12-14(3)23-18)20(25)22-9-11-24-10-8-21-19(24)5-2/h6-8,10,12-13H,4-5,9,11H2,1-3H3,(H,22,25). The smallest absolute Gasteiger partial charge is 0.252 e. The van der Waals surface area contributed by atoms with E-state index in [0.29, 0.717) is 12.1 Å². The van der Waals surface area contributed by atoms with Crippen LogP contribution in [0.2, 0.25) is 0 Å². The van der Waals surface area contributed by atoms with E-state index < -0.39 is 0 Å². The second kappa shape index (κ2) is 7.47. The van der Waals surface area contributed by atoms with E-state index in [1.807, 2.05) is 25.3 Å². The predicted molar refractivity (Wildman–Crippen MR) is 99.8 cm³/mol. The van der Waals surface area contributed by atoms with Crippen molar-refractivity contribution in [2.45, 2.75) is 40.2 Å². The summed E-state index contributed by atoms with van der Waals surface area (Å²) in [7, 11) is 0. The molecule has 0 spiro atoms. The molecule has 3 rings (SSSR count). The van der Waals surface area contributed by atoms with Crippen molar-refractivity contribution in [3.05, 3.63) is 59.3 Å². The summed E-state index contributed by atoms with van der Waals surface area (Å²) < 4.78 is 2.07. The third kappa shape index (κ3) is 3.71. The maximum absolute atomic E-state index is 12.7. The zero-order valence-corrected chi connectivity index (χ0v) is 15.0. The molecule has 0 saturated carbocycles. The van der Waals surface area contributed by atoms with Crippen LogP contribution in [0.4, 0.5) is 0 Å². The van der Waals surface area contributed by atoms with E-state index >= 15 is 0 Å². The van der Waals surface area contributed by atoms with Gasteiger partial charge in [-0.25, -0.2) is 4.98 Å². The number of benzene rings is 1. The molecule has 2 heterocycles. The Morgan fingerprint density at radius 3 is 2.80 bits per heavy atom. The van der Waals surface area contributed by atoms with Crippen LogP contribution in [0.5, 0.6) is 0 Å². The number of nitrogens with one attached hydrogen (secondary N) is 1. The Hall–Kier alpha value is -2.69. The molecular weight excluding hydrogens is 312 g/mol. The number of aryl methyl sites for hydroxylation is 3. The van der Waals surface area contributed by atoms with Gasteiger partial charge in [-0.3, -0.25) is 9.78 Å². The number of hydrogen-bond acceptors (Lipinski definition) is 3. The van der Waals surface area contributed by atoms with Gasteiger partial charge in [-0.05, 0) is 37.1 Å². The van der Waals surface area contributed by atoms with E-state index in [0.717, 1.165) is 41.8 Å². The van der Waals surface area contributed by atoms with Gasteiger partial charge in [-0.1, -0.05) is 19.9 Å². The highest BCUT2D eigenvalue weighted by atomic mass is 16.1. The molecule has 1 amide bonds. The third-order valence-electron chi connectivity index (χ3n) is 4.41. The van der Waals surface area contributed by atoms with Gasteiger partial charge in [0, 0.05) is 43.0 Å². The van der Waals surface area contributed by atoms with Crippen molar-refractivity contribution in [3.63, 3.8) is 0 Å². The average Bonchev–Trinajstić information content (AvgIpc) is 3.08. The Labute approximate surface area is 148 Å². The van der Waals surface area contributed by atoms with Crippen LogP contribution < -0.4 is 5.32 Å². The minimum absolute atomic E-state index is 0.0538. The molecule has 0 radical (unpaired) electrons. The normalized spacial score (nSPS) is 11.0. The van der Waals surface area contributed by atoms with Crippen LogP contribution >= 0.6 is 0 Å². The van der Waals surface area contributed by atoms with Crippen molar-refractivity contribution in [1.29, 1.82) is 0 Å². The van der Waals surface area contributed by atoms with Crippen molar-refractivity contribution in [1.82, 2.24) is 19.9 Å². The molecule has 0 aliphatic carbocycles. The molecule has 0 fully saturated rings. The lowest BCUT2D eigenvalue weighted by molar-refractivity contribution is 0.0953. The van der Waals surface area contributed by atoms with E-state index in [9.17, 15) is 4.79 Å². The summed E-state index contributed by atoms with van der Waals surface area (Å²) in [5.74, 6) is 0.981. The quantitative estimate of drug-likeness (QED) is 0.751. The van der Waals surface area contributed by atoms with E-state index in [1.54, 1.807) is 6.20 Å². The summed E-state index contributed by atoms with van der Waals surface area (Å²) >= 11 is 0. The number of amides is 1. The molecule has 5 heteroatoms.